The molecule has 0 radical (unpaired) electrons. The quantitative estimate of drug-likeness (QED) is 0.833. The molecule has 0 saturated carbocycles. The molecule has 0 fully saturated rings. The van der Waals surface area contributed by atoms with Gasteiger partial charge in [-0.15, -0.1) is 0 Å². The molecule has 2 nitrogen and oxygen atoms in total. The third-order valence-electron chi connectivity index (χ3n) is 2.16. The Balaban J connectivity index is 2.51. The van der Waals surface area contributed by atoms with Crippen molar-refractivity contribution in [1.29, 1.82) is 0 Å². The number of nitrogens with zero attached hydrogens (tertiary/aromatic N) is 1. The largest absolute Gasteiger partial charge is 0.388 e. The first-order chi connectivity index (χ1) is 6.81. The van der Waals surface area contributed by atoms with Crippen molar-refractivity contribution in [3.8, 4) is 0 Å². The summed E-state index contributed by atoms with van der Waals surface area (Å²) in [5, 5.41) is 11.2. The molecule has 2 aromatic rings. The Hall–Kier alpha value is -0.930. The van der Waals surface area contributed by atoms with Gasteiger partial charge in [-0.25, -0.2) is 0 Å². The zero-order valence-electron chi connectivity index (χ0n) is 7.52. The Morgan fingerprint density at radius 2 is 2.21 bits per heavy atom. The number of fused-ring (bicyclic) bond motifs is 1. The minimum absolute atomic E-state index is 0.445. The first kappa shape index (κ1) is 9.62. The minimum Gasteiger partial charge on any atom is -0.388 e. The van der Waals surface area contributed by atoms with E-state index in [2.05, 4.69) is 20.9 Å². The molecular weight excluding hydrogens is 242 g/mol. The second kappa shape index (κ2) is 4.07. The van der Waals surface area contributed by atoms with Crippen molar-refractivity contribution in [3.05, 3.63) is 42.1 Å². The molecule has 1 N–H and O–H groups in total. The van der Waals surface area contributed by atoms with Gasteiger partial charge in [-0.1, -0.05) is 28.1 Å². The summed E-state index contributed by atoms with van der Waals surface area (Å²) in [4.78, 5) is 4.21. The molecule has 72 valence electrons. The van der Waals surface area contributed by atoms with Crippen LogP contribution in [0.2, 0.25) is 0 Å². The Labute approximate surface area is 90.7 Å². The lowest BCUT2D eigenvalue weighted by molar-refractivity contribution is 0.205. The highest BCUT2D eigenvalue weighted by Crippen LogP contribution is 2.19. The number of alkyl halides is 1. The molecule has 2 rings (SSSR count). The lowest BCUT2D eigenvalue weighted by atomic mass is 10.1. The lowest BCUT2D eigenvalue weighted by Crippen LogP contribution is -1.97. The van der Waals surface area contributed by atoms with Gasteiger partial charge in [0.15, 0.2) is 0 Å². The molecule has 1 aromatic heterocycles. The summed E-state index contributed by atoms with van der Waals surface area (Å²) >= 11 is 3.25. The lowest BCUT2D eigenvalue weighted by Gasteiger charge is -2.07. The van der Waals surface area contributed by atoms with Crippen molar-refractivity contribution in [3.63, 3.8) is 0 Å². The van der Waals surface area contributed by atoms with E-state index < -0.39 is 6.10 Å². The number of rotatable bonds is 2. The summed E-state index contributed by atoms with van der Waals surface area (Å²) in [6.45, 7) is 0. The predicted molar refractivity (Wildman–Crippen MR) is 60.5 cm³/mol. The number of benzene rings is 1. The molecule has 1 unspecified atom stereocenters. The highest BCUT2D eigenvalue weighted by atomic mass is 79.9. The van der Waals surface area contributed by atoms with Crippen molar-refractivity contribution >= 4 is 26.8 Å². The molecule has 1 heterocycles. The third-order valence-corrected chi connectivity index (χ3v) is 2.77. The number of halogens is 1. The van der Waals surface area contributed by atoms with Crippen LogP contribution in [-0.4, -0.2) is 15.4 Å². The van der Waals surface area contributed by atoms with Gasteiger partial charge in [-0.2, -0.15) is 0 Å². The first-order valence-electron chi connectivity index (χ1n) is 4.40. The fourth-order valence-electron chi connectivity index (χ4n) is 1.39. The fraction of sp³-hybridized carbons (Fsp3) is 0.182. The van der Waals surface area contributed by atoms with Crippen LogP contribution in [-0.2, 0) is 0 Å². The Bertz CT molecular complexity index is 444. The van der Waals surface area contributed by atoms with Crippen molar-refractivity contribution in [1.82, 2.24) is 4.98 Å². The summed E-state index contributed by atoms with van der Waals surface area (Å²) in [5.41, 5.74) is 1.88. The molecule has 0 aliphatic carbocycles. The van der Waals surface area contributed by atoms with Crippen LogP contribution in [0.5, 0.6) is 0 Å². The molecule has 0 aliphatic rings. The van der Waals surface area contributed by atoms with Crippen LogP contribution in [0.25, 0.3) is 10.9 Å². The van der Waals surface area contributed by atoms with Crippen molar-refractivity contribution < 1.29 is 5.11 Å². The summed E-state index contributed by atoms with van der Waals surface area (Å²) in [5.74, 6) is 0. The molecule has 0 amide bonds. The first-order valence-corrected chi connectivity index (χ1v) is 5.52. The molecule has 14 heavy (non-hydrogen) atoms. The van der Waals surface area contributed by atoms with Crippen molar-refractivity contribution in [2.24, 2.45) is 0 Å². The van der Waals surface area contributed by atoms with E-state index in [1.807, 2.05) is 30.3 Å². The molecule has 0 spiro atoms. The zero-order valence-corrected chi connectivity index (χ0v) is 9.11. The average molecular weight is 252 g/mol. The Morgan fingerprint density at radius 3 is 3.00 bits per heavy atom. The van der Waals surface area contributed by atoms with Gasteiger partial charge >= 0.3 is 0 Å². The maximum Gasteiger partial charge on any atom is 0.0887 e. The molecule has 0 saturated heterocycles. The molecule has 3 heteroatoms. The number of pyridine rings is 1. The van der Waals surface area contributed by atoms with Crippen LogP contribution >= 0.6 is 15.9 Å². The normalized spacial score (nSPS) is 13.0. The van der Waals surface area contributed by atoms with Crippen LogP contribution < -0.4 is 0 Å². The second-order valence-corrected chi connectivity index (χ2v) is 3.77. The van der Waals surface area contributed by atoms with Gasteiger partial charge in [-0.3, -0.25) is 4.98 Å². The summed E-state index contributed by atoms with van der Waals surface area (Å²) in [7, 11) is 0. The Kier molecular flexibility index (Phi) is 2.79. The highest BCUT2D eigenvalue weighted by molar-refractivity contribution is 9.09. The van der Waals surface area contributed by atoms with E-state index >= 15 is 0 Å². The zero-order chi connectivity index (χ0) is 9.97. The van der Waals surface area contributed by atoms with E-state index in [1.165, 1.54) is 0 Å². The van der Waals surface area contributed by atoms with E-state index in [0.717, 1.165) is 16.5 Å². The van der Waals surface area contributed by atoms with E-state index in [9.17, 15) is 5.11 Å². The van der Waals surface area contributed by atoms with Crippen LogP contribution in [0, 0.1) is 0 Å². The van der Waals surface area contributed by atoms with Gasteiger partial charge in [0.2, 0.25) is 0 Å². The summed E-state index contributed by atoms with van der Waals surface area (Å²) in [6, 6.07) is 9.69. The average Bonchev–Trinajstić information content (AvgIpc) is 2.27. The Morgan fingerprint density at radius 1 is 1.36 bits per heavy atom. The molecule has 1 atom stereocenters. The number of aliphatic hydroxyl groups excluding tert-OH is 1. The minimum atomic E-state index is -0.445. The van der Waals surface area contributed by atoms with Gasteiger partial charge in [0.25, 0.3) is 0 Å². The van der Waals surface area contributed by atoms with Gasteiger partial charge in [-0.05, 0) is 23.8 Å². The SMILES string of the molecule is OC(CBr)c1ccc2ncccc2c1. The van der Waals surface area contributed by atoms with Gasteiger partial charge in [0.05, 0.1) is 11.6 Å². The maximum absolute atomic E-state index is 9.62. The molecule has 0 bridgehead atoms. The molecule has 1 aromatic carbocycles. The van der Waals surface area contributed by atoms with Crippen molar-refractivity contribution in [2.75, 3.05) is 5.33 Å². The van der Waals surface area contributed by atoms with E-state index in [0.29, 0.717) is 5.33 Å². The van der Waals surface area contributed by atoms with E-state index in [4.69, 9.17) is 0 Å². The molecule has 0 aliphatic heterocycles. The standard InChI is InChI=1S/C11H10BrNO/c12-7-11(14)9-3-4-10-8(6-9)2-1-5-13-10/h1-6,11,14H,7H2. The van der Waals surface area contributed by atoms with Gasteiger partial charge < -0.3 is 5.11 Å². The maximum atomic E-state index is 9.62. The number of aromatic nitrogens is 1. The van der Waals surface area contributed by atoms with Crippen molar-refractivity contribution in [2.45, 2.75) is 6.10 Å². The smallest absolute Gasteiger partial charge is 0.0887 e. The topological polar surface area (TPSA) is 33.1 Å². The number of hydrogen-bond acceptors (Lipinski definition) is 2. The fourth-order valence-corrected chi connectivity index (χ4v) is 1.76. The van der Waals surface area contributed by atoms with E-state index in [1.54, 1.807) is 6.20 Å². The van der Waals surface area contributed by atoms with Crippen LogP contribution in [0.4, 0.5) is 0 Å². The number of aliphatic hydroxyl groups is 1. The van der Waals surface area contributed by atoms with Gasteiger partial charge in [0, 0.05) is 16.9 Å². The third kappa shape index (κ3) is 1.79. The number of hydrogen-bond donors (Lipinski definition) is 1. The predicted octanol–water partition coefficient (Wildman–Crippen LogP) is 2.66. The second-order valence-electron chi connectivity index (χ2n) is 3.13. The molecular formula is C11H10BrNO. The summed E-state index contributed by atoms with van der Waals surface area (Å²) in [6.07, 6.45) is 1.32. The van der Waals surface area contributed by atoms with Gasteiger partial charge in [0.1, 0.15) is 0 Å². The van der Waals surface area contributed by atoms with Crippen LogP contribution in [0.1, 0.15) is 11.7 Å². The van der Waals surface area contributed by atoms with Crippen LogP contribution in [0.3, 0.4) is 0 Å². The summed E-state index contributed by atoms with van der Waals surface area (Å²) < 4.78 is 0. The highest BCUT2D eigenvalue weighted by Gasteiger charge is 2.05. The monoisotopic (exact) mass is 251 g/mol. The van der Waals surface area contributed by atoms with Crippen LogP contribution in [0.15, 0.2) is 36.5 Å². The van der Waals surface area contributed by atoms with E-state index in [-0.39, 0.29) is 0 Å².